The van der Waals surface area contributed by atoms with Crippen LogP contribution in [0.15, 0.2) is 47.4 Å². The normalized spacial score (nSPS) is 11.2. The van der Waals surface area contributed by atoms with Crippen molar-refractivity contribution < 1.29 is 23.2 Å². The fourth-order valence-electron chi connectivity index (χ4n) is 2.09. The third kappa shape index (κ3) is 3.94. The molecule has 0 aliphatic rings. The molecule has 24 heavy (non-hydrogen) atoms. The third-order valence-corrected chi connectivity index (χ3v) is 4.74. The zero-order valence-electron chi connectivity index (χ0n) is 12.6. The SMILES string of the molecule is Cc1ccc([N+](=O)[O-])cc1-c1ccc(S(=O)(=O)NCC(=O)O)cc1. The average molecular weight is 350 g/mol. The van der Waals surface area contributed by atoms with E-state index in [1.807, 2.05) is 4.72 Å². The first-order chi connectivity index (χ1) is 11.2. The van der Waals surface area contributed by atoms with Crippen LogP contribution in [0, 0.1) is 17.0 Å². The highest BCUT2D eigenvalue weighted by Gasteiger charge is 2.16. The van der Waals surface area contributed by atoms with Gasteiger partial charge in [0.2, 0.25) is 10.0 Å². The predicted molar refractivity (Wildman–Crippen MR) is 86.1 cm³/mol. The van der Waals surface area contributed by atoms with Gasteiger partial charge in [-0.25, -0.2) is 8.42 Å². The lowest BCUT2D eigenvalue weighted by Gasteiger charge is -2.08. The van der Waals surface area contributed by atoms with Gasteiger partial charge in [-0.2, -0.15) is 4.72 Å². The summed E-state index contributed by atoms with van der Waals surface area (Å²) < 4.78 is 25.8. The van der Waals surface area contributed by atoms with Crippen LogP contribution in [0.25, 0.3) is 11.1 Å². The number of hydrogen-bond acceptors (Lipinski definition) is 5. The molecule has 0 aliphatic carbocycles. The molecule has 0 bridgehead atoms. The molecule has 2 aromatic carbocycles. The number of carbonyl (C=O) groups is 1. The molecule has 2 rings (SSSR count). The number of aliphatic carboxylic acids is 1. The fraction of sp³-hybridized carbons (Fsp3) is 0.133. The van der Waals surface area contributed by atoms with Crippen LogP contribution in [0.4, 0.5) is 5.69 Å². The number of nitrogens with zero attached hydrogens (tertiary/aromatic N) is 1. The van der Waals surface area contributed by atoms with Crippen LogP contribution < -0.4 is 4.72 Å². The number of benzene rings is 2. The minimum absolute atomic E-state index is 0.0598. The summed E-state index contributed by atoms with van der Waals surface area (Å²) in [5.41, 5.74) is 1.98. The largest absolute Gasteiger partial charge is 0.480 e. The van der Waals surface area contributed by atoms with Gasteiger partial charge in [0.25, 0.3) is 5.69 Å². The Morgan fingerprint density at radius 2 is 1.83 bits per heavy atom. The molecule has 0 saturated heterocycles. The van der Waals surface area contributed by atoms with Crippen molar-refractivity contribution in [1.82, 2.24) is 4.72 Å². The van der Waals surface area contributed by atoms with Crippen molar-refractivity contribution in [2.75, 3.05) is 6.54 Å². The van der Waals surface area contributed by atoms with E-state index < -0.39 is 27.5 Å². The summed E-state index contributed by atoms with van der Waals surface area (Å²) in [5.74, 6) is -1.29. The van der Waals surface area contributed by atoms with E-state index in [2.05, 4.69) is 0 Å². The summed E-state index contributed by atoms with van der Waals surface area (Å²) in [6.07, 6.45) is 0. The summed E-state index contributed by atoms with van der Waals surface area (Å²) in [7, 11) is -3.93. The van der Waals surface area contributed by atoms with Gasteiger partial charge >= 0.3 is 5.97 Å². The predicted octanol–water partition coefficient (Wildman–Crippen LogP) is 1.93. The molecule has 0 atom stereocenters. The highest BCUT2D eigenvalue weighted by molar-refractivity contribution is 7.89. The Labute approximate surface area is 138 Å². The van der Waals surface area contributed by atoms with E-state index in [-0.39, 0.29) is 10.6 Å². The molecule has 126 valence electrons. The van der Waals surface area contributed by atoms with E-state index in [1.54, 1.807) is 13.0 Å². The van der Waals surface area contributed by atoms with E-state index in [4.69, 9.17) is 5.11 Å². The van der Waals surface area contributed by atoms with Gasteiger partial charge in [-0.05, 0) is 35.7 Å². The molecule has 0 aliphatic heterocycles. The number of non-ortho nitro benzene ring substituents is 1. The zero-order valence-corrected chi connectivity index (χ0v) is 13.4. The number of sulfonamides is 1. The Morgan fingerprint density at radius 3 is 2.38 bits per heavy atom. The van der Waals surface area contributed by atoms with E-state index in [0.29, 0.717) is 11.1 Å². The lowest BCUT2D eigenvalue weighted by molar-refractivity contribution is -0.384. The number of nitro groups is 1. The number of hydrogen-bond donors (Lipinski definition) is 2. The molecule has 0 fully saturated rings. The average Bonchev–Trinajstić information content (AvgIpc) is 2.53. The minimum Gasteiger partial charge on any atom is -0.480 e. The lowest BCUT2D eigenvalue weighted by atomic mass is 10.00. The standard InChI is InChI=1S/C15H14N2O6S/c1-10-2-5-12(17(20)21)8-14(10)11-3-6-13(7-4-11)24(22,23)16-9-15(18)19/h2-8,16H,9H2,1H3,(H,18,19). The molecule has 0 unspecified atom stereocenters. The second-order valence-corrected chi connectivity index (χ2v) is 6.77. The molecule has 0 spiro atoms. The van der Waals surface area contributed by atoms with Crippen molar-refractivity contribution in [2.45, 2.75) is 11.8 Å². The highest BCUT2D eigenvalue weighted by atomic mass is 32.2. The molecule has 2 aromatic rings. The third-order valence-electron chi connectivity index (χ3n) is 3.32. The van der Waals surface area contributed by atoms with Gasteiger partial charge in [0, 0.05) is 12.1 Å². The van der Waals surface area contributed by atoms with Crippen LogP contribution in [-0.4, -0.2) is 31.0 Å². The van der Waals surface area contributed by atoms with Crippen molar-refractivity contribution in [3.63, 3.8) is 0 Å². The smallest absolute Gasteiger partial charge is 0.318 e. The quantitative estimate of drug-likeness (QED) is 0.605. The topological polar surface area (TPSA) is 127 Å². The van der Waals surface area contributed by atoms with E-state index in [9.17, 15) is 23.3 Å². The Hall–Kier alpha value is -2.78. The van der Waals surface area contributed by atoms with E-state index in [0.717, 1.165) is 5.56 Å². The number of carboxylic acids is 1. The van der Waals surface area contributed by atoms with Crippen molar-refractivity contribution in [3.8, 4) is 11.1 Å². The van der Waals surface area contributed by atoms with E-state index >= 15 is 0 Å². The van der Waals surface area contributed by atoms with Crippen LogP contribution in [0.2, 0.25) is 0 Å². The first-order valence-corrected chi connectivity index (χ1v) is 8.26. The highest BCUT2D eigenvalue weighted by Crippen LogP contribution is 2.28. The molecule has 2 N–H and O–H groups in total. The first-order valence-electron chi connectivity index (χ1n) is 6.77. The molecular formula is C15H14N2O6S. The summed E-state index contributed by atoms with van der Waals surface area (Å²) in [6, 6.07) is 10.1. The number of aryl methyl sites for hydroxylation is 1. The van der Waals surface area contributed by atoms with Gasteiger partial charge in [0.1, 0.15) is 6.54 Å². The summed E-state index contributed by atoms with van der Waals surface area (Å²) in [5, 5.41) is 19.4. The fourth-order valence-corrected chi connectivity index (χ4v) is 3.06. The number of nitro benzene ring substituents is 1. The maximum atomic E-state index is 11.9. The lowest BCUT2D eigenvalue weighted by Crippen LogP contribution is -2.29. The van der Waals surface area contributed by atoms with Crippen LogP contribution in [-0.2, 0) is 14.8 Å². The van der Waals surface area contributed by atoms with E-state index in [1.165, 1.54) is 36.4 Å². The molecular weight excluding hydrogens is 336 g/mol. The van der Waals surface area contributed by atoms with Crippen molar-refractivity contribution in [3.05, 3.63) is 58.1 Å². The molecule has 0 saturated carbocycles. The van der Waals surface area contributed by atoms with Crippen molar-refractivity contribution in [2.24, 2.45) is 0 Å². The molecule has 0 aromatic heterocycles. The molecule has 0 amide bonds. The summed E-state index contributed by atoms with van der Waals surface area (Å²) in [6.45, 7) is 1.08. The Kier molecular flexibility index (Phi) is 4.96. The van der Waals surface area contributed by atoms with Gasteiger partial charge in [-0.1, -0.05) is 18.2 Å². The second kappa shape index (κ2) is 6.77. The van der Waals surface area contributed by atoms with Crippen LogP contribution >= 0.6 is 0 Å². The monoisotopic (exact) mass is 350 g/mol. The Balaban J connectivity index is 2.35. The van der Waals surface area contributed by atoms with Crippen LogP contribution in [0.5, 0.6) is 0 Å². The number of carboxylic acid groups (broad SMARTS) is 1. The first kappa shape index (κ1) is 17.6. The summed E-state index contributed by atoms with van der Waals surface area (Å²) in [4.78, 5) is 20.7. The maximum absolute atomic E-state index is 11.9. The number of nitrogens with one attached hydrogen (secondary N) is 1. The minimum atomic E-state index is -3.93. The van der Waals surface area contributed by atoms with Crippen molar-refractivity contribution in [1.29, 1.82) is 0 Å². The molecule has 8 nitrogen and oxygen atoms in total. The molecule has 0 heterocycles. The van der Waals surface area contributed by atoms with Gasteiger partial charge in [-0.15, -0.1) is 0 Å². The number of rotatable bonds is 6. The zero-order chi connectivity index (χ0) is 17.9. The Bertz CT molecular complexity index is 891. The Morgan fingerprint density at radius 1 is 1.21 bits per heavy atom. The van der Waals surface area contributed by atoms with Crippen molar-refractivity contribution >= 4 is 21.7 Å². The van der Waals surface area contributed by atoms with Crippen LogP contribution in [0.3, 0.4) is 0 Å². The second-order valence-electron chi connectivity index (χ2n) is 5.00. The summed E-state index contributed by atoms with van der Waals surface area (Å²) >= 11 is 0. The maximum Gasteiger partial charge on any atom is 0.318 e. The van der Waals surface area contributed by atoms with Crippen LogP contribution in [0.1, 0.15) is 5.56 Å². The molecule has 9 heteroatoms. The van der Waals surface area contributed by atoms with Gasteiger partial charge in [0.15, 0.2) is 0 Å². The molecule has 0 radical (unpaired) electrons. The van der Waals surface area contributed by atoms with Gasteiger partial charge in [-0.3, -0.25) is 14.9 Å². The van der Waals surface area contributed by atoms with Gasteiger partial charge < -0.3 is 5.11 Å². The van der Waals surface area contributed by atoms with Gasteiger partial charge in [0.05, 0.1) is 9.82 Å².